The van der Waals surface area contributed by atoms with Gasteiger partial charge in [-0.3, -0.25) is 19.8 Å². The first kappa shape index (κ1) is 17.1. The molecule has 0 saturated heterocycles. The summed E-state index contributed by atoms with van der Waals surface area (Å²) in [5.41, 5.74) is 2.40. The van der Waals surface area contributed by atoms with Gasteiger partial charge in [0, 0.05) is 34.6 Å². The van der Waals surface area contributed by atoms with E-state index in [-0.39, 0.29) is 5.91 Å². The molecule has 25 heavy (non-hydrogen) atoms. The number of thiazole rings is 1. The summed E-state index contributed by atoms with van der Waals surface area (Å²) in [7, 11) is -3.35. The van der Waals surface area contributed by atoms with Crippen molar-refractivity contribution >= 4 is 38.1 Å². The maximum atomic E-state index is 12.3. The molecule has 128 valence electrons. The summed E-state index contributed by atoms with van der Waals surface area (Å²) in [6, 6.07) is 9.84. The van der Waals surface area contributed by atoms with E-state index in [4.69, 9.17) is 0 Å². The van der Waals surface area contributed by atoms with Gasteiger partial charge in [-0.15, -0.1) is 11.3 Å². The van der Waals surface area contributed by atoms with Crippen LogP contribution in [-0.2, 0) is 10.0 Å². The normalized spacial score (nSPS) is 11.1. The summed E-state index contributed by atoms with van der Waals surface area (Å²) < 4.78 is 24.7. The summed E-state index contributed by atoms with van der Waals surface area (Å²) in [5.74, 6) is -0.321. The van der Waals surface area contributed by atoms with Gasteiger partial charge in [0.2, 0.25) is 10.0 Å². The average molecular weight is 374 g/mol. The first-order valence-electron chi connectivity index (χ1n) is 7.16. The number of pyridine rings is 1. The molecular formula is C16H14N4O3S2. The smallest absolute Gasteiger partial charge is 0.257 e. The van der Waals surface area contributed by atoms with Gasteiger partial charge in [-0.1, -0.05) is 0 Å². The molecule has 2 aromatic heterocycles. The Kier molecular flexibility index (Phi) is 4.77. The highest BCUT2D eigenvalue weighted by Crippen LogP contribution is 2.24. The zero-order valence-electron chi connectivity index (χ0n) is 13.1. The number of hydrogen-bond donors (Lipinski definition) is 2. The maximum absolute atomic E-state index is 12.3. The molecule has 0 aliphatic carbocycles. The lowest BCUT2D eigenvalue weighted by atomic mass is 10.2. The molecule has 0 bridgehead atoms. The van der Waals surface area contributed by atoms with Gasteiger partial charge >= 0.3 is 0 Å². The molecule has 0 radical (unpaired) electrons. The van der Waals surface area contributed by atoms with E-state index in [1.54, 1.807) is 24.5 Å². The van der Waals surface area contributed by atoms with E-state index < -0.39 is 10.0 Å². The van der Waals surface area contributed by atoms with Gasteiger partial charge < -0.3 is 0 Å². The Morgan fingerprint density at radius 3 is 2.56 bits per heavy atom. The lowest BCUT2D eigenvalue weighted by molar-refractivity contribution is 0.102. The van der Waals surface area contributed by atoms with E-state index >= 15 is 0 Å². The molecule has 2 N–H and O–H groups in total. The van der Waals surface area contributed by atoms with E-state index in [1.165, 1.54) is 23.5 Å². The first-order valence-corrected chi connectivity index (χ1v) is 9.93. The number of carbonyl (C=O) groups excluding carboxylic acids is 1. The first-order chi connectivity index (χ1) is 11.9. The number of sulfonamides is 1. The number of hydrogen-bond acceptors (Lipinski definition) is 6. The maximum Gasteiger partial charge on any atom is 0.257 e. The van der Waals surface area contributed by atoms with E-state index in [0.29, 0.717) is 16.4 Å². The minimum absolute atomic E-state index is 0.321. The van der Waals surface area contributed by atoms with Crippen molar-refractivity contribution in [2.75, 3.05) is 16.3 Å². The SMILES string of the molecule is CS(=O)(=O)Nc1ccc(C(=O)Nc2nc(-c3cccnc3)cs2)cc1. The highest BCUT2D eigenvalue weighted by molar-refractivity contribution is 7.92. The van der Waals surface area contributed by atoms with Crippen LogP contribution in [0.4, 0.5) is 10.8 Å². The van der Waals surface area contributed by atoms with Crippen LogP contribution in [0.15, 0.2) is 54.2 Å². The second-order valence-corrected chi connectivity index (χ2v) is 7.79. The molecule has 0 aliphatic heterocycles. The Labute approximate surface area is 148 Å². The molecule has 7 nitrogen and oxygen atoms in total. The summed E-state index contributed by atoms with van der Waals surface area (Å²) in [6.07, 6.45) is 4.45. The number of aromatic nitrogens is 2. The number of nitrogens with zero attached hydrogens (tertiary/aromatic N) is 2. The summed E-state index contributed by atoms with van der Waals surface area (Å²) in [4.78, 5) is 20.7. The molecule has 9 heteroatoms. The van der Waals surface area contributed by atoms with Crippen LogP contribution in [0.5, 0.6) is 0 Å². The van der Waals surface area contributed by atoms with Crippen LogP contribution in [0.2, 0.25) is 0 Å². The monoisotopic (exact) mass is 374 g/mol. The zero-order chi connectivity index (χ0) is 17.9. The standard InChI is InChI=1S/C16H14N4O3S2/c1-25(22,23)20-13-6-4-11(5-7-13)15(21)19-16-18-14(10-24-16)12-3-2-8-17-9-12/h2-10,20H,1H3,(H,18,19,21). The highest BCUT2D eigenvalue weighted by atomic mass is 32.2. The van der Waals surface area contributed by atoms with Crippen molar-refractivity contribution in [1.29, 1.82) is 0 Å². The van der Waals surface area contributed by atoms with Gasteiger partial charge in [0.05, 0.1) is 11.9 Å². The molecule has 0 spiro atoms. The number of benzene rings is 1. The second kappa shape index (κ2) is 6.99. The van der Waals surface area contributed by atoms with Gasteiger partial charge in [0.25, 0.3) is 5.91 Å². The fraction of sp³-hybridized carbons (Fsp3) is 0.0625. The fourth-order valence-corrected chi connectivity index (χ4v) is 3.33. The van der Waals surface area contributed by atoms with Gasteiger partial charge in [0.15, 0.2) is 5.13 Å². The summed E-state index contributed by atoms with van der Waals surface area (Å²) >= 11 is 1.32. The number of carbonyl (C=O) groups is 1. The van der Waals surface area contributed by atoms with Gasteiger partial charge in [-0.25, -0.2) is 13.4 Å². The van der Waals surface area contributed by atoms with Crippen LogP contribution in [0, 0.1) is 0 Å². The van der Waals surface area contributed by atoms with Crippen LogP contribution in [0.25, 0.3) is 11.3 Å². The molecule has 3 rings (SSSR count). The molecule has 1 amide bonds. The van der Waals surface area contributed by atoms with Crippen molar-refractivity contribution < 1.29 is 13.2 Å². The van der Waals surface area contributed by atoms with E-state index in [0.717, 1.165) is 17.5 Å². The average Bonchev–Trinajstić information content (AvgIpc) is 3.03. The molecular weight excluding hydrogens is 360 g/mol. The van der Waals surface area contributed by atoms with E-state index in [9.17, 15) is 13.2 Å². The van der Waals surface area contributed by atoms with Crippen LogP contribution in [0.1, 0.15) is 10.4 Å². The molecule has 3 aromatic rings. The van der Waals surface area contributed by atoms with Crippen molar-refractivity contribution in [3.63, 3.8) is 0 Å². The van der Waals surface area contributed by atoms with Crippen LogP contribution in [0.3, 0.4) is 0 Å². The van der Waals surface area contributed by atoms with Crippen LogP contribution >= 0.6 is 11.3 Å². The number of anilines is 2. The fourth-order valence-electron chi connectivity index (χ4n) is 2.05. The summed E-state index contributed by atoms with van der Waals surface area (Å²) in [6.45, 7) is 0. The number of nitrogens with one attached hydrogen (secondary N) is 2. The van der Waals surface area contributed by atoms with Gasteiger partial charge in [-0.2, -0.15) is 0 Å². The molecule has 0 unspecified atom stereocenters. The minimum Gasteiger partial charge on any atom is -0.298 e. The second-order valence-electron chi connectivity index (χ2n) is 5.19. The quantitative estimate of drug-likeness (QED) is 0.715. The minimum atomic E-state index is -3.35. The Balaban J connectivity index is 1.69. The lowest BCUT2D eigenvalue weighted by Gasteiger charge is -2.05. The molecule has 0 aliphatic rings. The van der Waals surface area contributed by atoms with Crippen molar-refractivity contribution in [3.05, 3.63) is 59.7 Å². The number of amides is 1. The molecule has 0 atom stereocenters. The lowest BCUT2D eigenvalue weighted by Crippen LogP contribution is -2.12. The number of rotatable bonds is 5. The van der Waals surface area contributed by atoms with Crippen molar-refractivity contribution in [1.82, 2.24) is 9.97 Å². The van der Waals surface area contributed by atoms with Crippen molar-refractivity contribution in [3.8, 4) is 11.3 Å². The Hall–Kier alpha value is -2.78. The van der Waals surface area contributed by atoms with Gasteiger partial charge in [0.1, 0.15) is 0 Å². The summed E-state index contributed by atoms with van der Waals surface area (Å²) in [5, 5.41) is 5.04. The molecule has 0 saturated carbocycles. The highest BCUT2D eigenvalue weighted by Gasteiger charge is 2.11. The third kappa shape index (κ3) is 4.61. The van der Waals surface area contributed by atoms with Crippen molar-refractivity contribution in [2.24, 2.45) is 0 Å². The third-order valence-corrected chi connectivity index (χ3v) is 4.50. The third-order valence-electron chi connectivity index (χ3n) is 3.13. The topological polar surface area (TPSA) is 101 Å². The van der Waals surface area contributed by atoms with Crippen LogP contribution < -0.4 is 10.0 Å². The Bertz CT molecular complexity index is 984. The Morgan fingerprint density at radius 2 is 1.92 bits per heavy atom. The molecule has 0 fully saturated rings. The predicted molar refractivity (Wildman–Crippen MR) is 98.2 cm³/mol. The zero-order valence-corrected chi connectivity index (χ0v) is 14.8. The van der Waals surface area contributed by atoms with Crippen molar-refractivity contribution in [2.45, 2.75) is 0 Å². The largest absolute Gasteiger partial charge is 0.298 e. The van der Waals surface area contributed by atoms with Gasteiger partial charge in [-0.05, 0) is 36.4 Å². The van der Waals surface area contributed by atoms with E-state index in [1.807, 2.05) is 17.5 Å². The predicted octanol–water partition coefficient (Wildman–Crippen LogP) is 2.83. The van der Waals surface area contributed by atoms with Crippen LogP contribution in [-0.4, -0.2) is 30.5 Å². The molecule has 2 heterocycles. The molecule has 1 aromatic carbocycles. The van der Waals surface area contributed by atoms with E-state index in [2.05, 4.69) is 20.0 Å². The Morgan fingerprint density at radius 1 is 1.16 bits per heavy atom.